The van der Waals surface area contributed by atoms with E-state index in [0.29, 0.717) is 11.8 Å². The van der Waals surface area contributed by atoms with E-state index in [0.717, 1.165) is 27.4 Å². The molecule has 6 nitrogen and oxygen atoms in total. The van der Waals surface area contributed by atoms with Gasteiger partial charge in [0.1, 0.15) is 10.8 Å². The fourth-order valence-corrected chi connectivity index (χ4v) is 3.51. The smallest absolute Gasteiger partial charge is 0.223 e. The standard InChI is InChI=1S/C21H20N6S/c1-13-3-5-15(6-4-13)19-17(16-7-8-18(22)24-11-16)12-25-21(27-19)26-14(2)20-23-9-10-28-20/h3-12,14H,1-2H3,(H2,22,24)(H,25,26,27)/t14-/m1/s1. The van der Waals surface area contributed by atoms with Crippen molar-refractivity contribution in [2.75, 3.05) is 11.1 Å². The highest BCUT2D eigenvalue weighted by molar-refractivity contribution is 7.09. The molecule has 3 aromatic heterocycles. The van der Waals surface area contributed by atoms with E-state index in [1.807, 2.05) is 24.6 Å². The van der Waals surface area contributed by atoms with Crippen LogP contribution in [0, 0.1) is 6.92 Å². The zero-order chi connectivity index (χ0) is 19.5. The van der Waals surface area contributed by atoms with Crippen LogP contribution in [0.2, 0.25) is 0 Å². The summed E-state index contributed by atoms with van der Waals surface area (Å²) in [6.45, 7) is 4.11. The third kappa shape index (κ3) is 3.84. The molecule has 4 aromatic rings. The Hall–Kier alpha value is -3.32. The third-order valence-electron chi connectivity index (χ3n) is 4.38. The number of aryl methyl sites for hydroxylation is 1. The molecule has 1 aromatic carbocycles. The van der Waals surface area contributed by atoms with Crippen molar-refractivity contribution in [1.29, 1.82) is 0 Å². The van der Waals surface area contributed by atoms with Gasteiger partial charge < -0.3 is 11.1 Å². The number of thiazole rings is 1. The van der Waals surface area contributed by atoms with Gasteiger partial charge in [-0.15, -0.1) is 11.3 Å². The van der Waals surface area contributed by atoms with Crippen LogP contribution in [-0.4, -0.2) is 19.9 Å². The molecule has 7 heteroatoms. The second-order valence-electron chi connectivity index (χ2n) is 6.53. The van der Waals surface area contributed by atoms with Crippen LogP contribution in [-0.2, 0) is 0 Å². The van der Waals surface area contributed by atoms with Crippen molar-refractivity contribution >= 4 is 23.1 Å². The molecule has 0 aliphatic rings. The summed E-state index contributed by atoms with van der Waals surface area (Å²) in [5.74, 6) is 1.04. The van der Waals surface area contributed by atoms with Gasteiger partial charge in [-0.2, -0.15) is 0 Å². The van der Waals surface area contributed by atoms with Gasteiger partial charge in [-0.1, -0.05) is 29.8 Å². The van der Waals surface area contributed by atoms with Crippen molar-refractivity contribution in [2.24, 2.45) is 0 Å². The van der Waals surface area contributed by atoms with Gasteiger partial charge in [0.2, 0.25) is 5.95 Å². The monoisotopic (exact) mass is 388 g/mol. The number of nitrogens with zero attached hydrogens (tertiary/aromatic N) is 4. The number of nitrogens with two attached hydrogens (primary N) is 1. The highest BCUT2D eigenvalue weighted by Crippen LogP contribution is 2.31. The van der Waals surface area contributed by atoms with Crippen molar-refractivity contribution in [3.05, 3.63) is 70.9 Å². The summed E-state index contributed by atoms with van der Waals surface area (Å²) >= 11 is 1.60. The third-order valence-corrected chi connectivity index (χ3v) is 5.34. The lowest BCUT2D eigenvalue weighted by Gasteiger charge is -2.14. The Bertz CT molecular complexity index is 1060. The van der Waals surface area contributed by atoms with Crippen LogP contribution < -0.4 is 11.1 Å². The molecule has 1 atom stereocenters. The van der Waals surface area contributed by atoms with Gasteiger partial charge in [-0.25, -0.2) is 19.9 Å². The van der Waals surface area contributed by atoms with Crippen LogP contribution in [0.15, 0.2) is 60.4 Å². The number of nitrogen functional groups attached to an aromatic ring is 1. The first-order valence-electron chi connectivity index (χ1n) is 8.92. The normalized spacial score (nSPS) is 11.9. The second kappa shape index (κ2) is 7.74. The molecule has 4 rings (SSSR count). The molecule has 3 heterocycles. The van der Waals surface area contributed by atoms with Gasteiger partial charge in [-0.05, 0) is 26.0 Å². The van der Waals surface area contributed by atoms with E-state index in [9.17, 15) is 0 Å². The minimum Gasteiger partial charge on any atom is -0.384 e. The topological polar surface area (TPSA) is 89.6 Å². The van der Waals surface area contributed by atoms with E-state index >= 15 is 0 Å². The molecular weight excluding hydrogens is 368 g/mol. The fourth-order valence-electron chi connectivity index (χ4n) is 2.86. The van der Waals surface area contributed by atoms with Gasteiger partial charge in [-0.3, -0.25) is 0 Å². The molecule has 140 valence electrons. The maximum absolute atomic E-state index is 5.74. The zero-order valence-electron chi connectivity index (χ0n) is 15.6. The quantitative estimate of drug-likeness (QED) is 0.514. The van der Waals surface area contributed by atoms with Crippen LogP contribution in [0.1, 0.15) is 23.5 Å². The van der Waals surface area contributed by atoms with Crippen LogP contribution in [0.5, 0.6) is 0 Å². The van der Waals surface area contributed by atoms with Crippen LogP contribution in [0.25, 0.3) is 22.4 Å². The Kier molecular flexibility index (Phi) is 4.99. The Labute approximate surface area is 167 Å². The van der Waals surface area contributed by atoms with Crippen molar-refractivity contribution in [2.45, 2.75) is 19.9 Å². The first-order valence-corrected chi connectivity index (χ1v) is 9.80. The average molecular weight is 389 g/mol. The molecule has 0 aliphatic heterocycles. The summed E-state index contributed by atoms with van der Waals surface area (Å²) in [6, 6.07) is 12.0. The molecule has 0 saturated heterocycles. The number of benzene rings is 1. The molecule has 0 aliphatic carbocycles. The Morgan fingerprint density at radius 2 is 1.75 bits per heavy atom. The summed E-state index contributed by atoms with van der Waals surface area (Å²) in [6.07, 6.45) is 5.37. The lowest BCUT2D eigenvalue weighted by Crippen LogP contribution is -2.10. The number of pyridine rings is 1. The molecule has 0 bridgehead atoms. The number of nitrogens with one attached hydrogen (secondary N) is 1. The highest BCUT2D eigenvalue weighted by atomic mass is 32.1. The average Bonchev–Trinajstić information content (AvgIpc) is 3.24. The Morgan fingerprint density at radius 1 is 0.964 bits per heavy atom. The van der Waals surface area contributed by atoms with Crippen molar-refractivity contribution < 1.29 is 0 Å². The number of rotatable bonds is 5. The molecule has 0 spiro atoms. The summed E-state index contributed by atoms with van der Waals surface area (Å²) in [7, 11) is 0. The Balaban J connectivity index is 1.76. The number of aromatic nitrogens is 4. The molecule has 0 amide bonds. The summed E-state index contributed by atoms with van der Waals surface area (Å²) < 4.78 is 0. The van der Waals surface area contributed by atoms with E-state index < -0.39 is 0 Å². The molecule has 0 saturated carbocycles. The molecule has 3 N–H and O–H groups in total. The van der Waals surface area contributed by atoms with E-state index in [2.05, 4.69) is 51.5 Å². The van der Waals surface area contributed by atoms with E-state index in [-0.39, 0.29) is 6.04 Å². The van der Waals surface area contributed by atoms with Gasteiger partial charge in [0.05, 0.1) is 11.7 Å². The minimum absolute atomic E-state index is 0.0231. The summed E-state index contributed by atoms with van der Waals surface area (Å²) in [4.78, 5) is 17.9. The van der Waals surface area contributed by atoms with Crippen molar-refractivity contribution in [3.8, 4) is 22.4 Å². The van der Waals surface area contributed by atoms with E-state index in [1.54, 1.807) is 29.8 Å². The molecule has 28 heavy (non-hydrogen) atoms. The van der Waals surface area contributed by atoms with Crippen LogP contribution >= 0.6 is 11.3 Å². The molecule has 0 unspecified atom stereocenters. The minimum atomic E-state index is 0.0231. The summed E-state index contributed by atoms with van der Waals surface area (Å²) in [5.41, 5.74) is 10.6. The largest absolute Gasteiger partial charge is 0.384 e. The zero-order valence-corrected chi connectivity index (χ0v) is 16.4. The lowest BCUT2D eigenvalue weighted by molar-refractivity contribution is 0.849. The first-order chi connectivity index (χ1) is 13.6. The Morgan fingerprint density at radius 3 is 2.43 bits per heavy atom. The maximum atomic E-state index is 5.74. The predicted octanol–water partition coefficient (Wildman–Crippen LogP) is 4.73. The van der Waals surface area contributed by atoms with E-state index in [4.69, 9.17) is 10.7 Å². The number of anilines is 2. The predicted molar refractivity (Wildman–Crippen MR) is 114 cm³/mol. The lowest BCUT2D eigenvalue weighted by atomic mass is 10.0. The van der Waals surface area contributed by atoms with Crippen molar-refractivity contribution in [3.63, 3.8) is 0 Å². The van der Waals surface area contributed by atoms with Gasteiger partial charge in [0.25, 0.3) is 0 Å². The summed E-state index contributed by atoms with van der Waals surface area (Å²) in [5, 5.41) is 6.30. The first kappa shape index (κ1) is 18.1. The van der Waals surface area contributed by atoms with E-state index in [1.165, 1.54) is 5.56 Å². The van der Waals surface area contributed by atoms with Gasteiger partial charge in [0, 0.05) is 40.7 Å². The molecule has 0 radical (unpaired) electrons. The molecular formula is C21H20N6S. The maximum Gasteiger partial charge on any atom is 0.223 e. The van der Waals surface area contributed by atoms with Crippen molar-refractivity contribution in [1.82, 2.24) is 19.9 Å². The van der Waals surface area contributed by atoms with Gasteiger partial charge in [0.15, 0.2) is 0 Å². The van der Waals surface area contributed by atoms with Crippen LogP contribution in [0.4, 0.5) is 11.8 Å². The van der Waals surface area contributed by atoms with Gasteiger partial charge >= 0.3 is 0 Å². The number of hydrogen-bond acceptors (Lipinski definition) is 7. The SMILES string of the molecule is Cc1ccc(-c2nc(N[C@H](C)c3nccs3)ncc2-c2ccc(N)nc2)cc1. The fraction of sp³-hybridized carbons (Fsp3) is 0.143. The molecule has 0 fully saturated rings. The van der Waals surface area contributed by atoms with Crippen LogP contribution in [0.3, 0.4) is 0 Å². The number of hydrogen-bond donors (Lipinski definition) is 2. The second-order valence-corrected chi connectivity index (χ2v) is 7.46. The highest BCUT2D eigenvalue weighted by Gasteiger charge is 2.15.